The fourth-order valence-corrected chi connectivity index (χ4v) is 11.1. The van der Waals surface area contributed by atoms with Crippen molar-refractivity contribution < 1.29 is 48.3 Å². The second-order valence-electron chi connectivity index (χ2n) is 15.4. The van der Waals surface area contributed by atoms with Crippen molar-refractivity contribution in [2.75, 3.05) is 54.6 Å². The van der Waals surface area contributed by atoms with Crippen LogP contribution in [-0.4, -0.2) is 50.8 Å². The summed E-state index contributed by atoms with van der Waals surface area (Å²) in [5.74, 6) is 0.717. The van der Waals surface area contributed by atoms with Crippen LogP contribution in [0.25, 0.3) is 16.3 Å². The van der Waals surface area contributed by atoms with E-state index in [9.17, 15) is 15.3 Å². The van der Waals surface area contributed by atoms with Gasteiger partial charge in [0.1, 0.15) is 4.70 Å². The number of allylic oxidation sites excluding steroid dienone is 5. The van der Waals surface area contributed by atoms with Gasteiger partial charge in [-0.2, -0.15) is 13.2 Å². The first-order valence-electron chi connectivity index (χ1n) is 22.3. The molecular weight excluding hydrogens is 948 g/mol. The molecule has 0 saturated carbocycles. The van der Waals surface area contributed by atoms with Gasteiger partial charge in [-0.15, -0.1) is 0 Å². The second kappa shape index (κ2) is 27.2. The van der Waals surface area contributed by atoms with Crippen molar-refractivity contribution in [3.8, 4) is 0 Å². The number of nitrogens with one attached hydrogen (secondary N) is 1. The fraction of sp³-hybridized carbons (Fsp3) is 0.320. The van der Waals surface area contributed by atoms with E-state index in [1.54, 1.807) is 34.1 Å². The number of fused-ring (bicyclic) bond motifs is 2. The van der Waals surface area contributed by atoms with Crippen molar-refractivity contribution in [3.05, 3.63) is 152 Å². The Kier molecular flexibility index (Phi) is 21.2. The number of thioether (sulfide) groups is 1. The number of carbonyl (C=O) groups excluding carboxylic acids is 1. The topological polar surface area (TPSA) is 124 Å². The van der Waals surface area contributed by atoms with E-state index in [0.717, 1.165) is 102 Å². The third-order valence-electron chi connectivity index (χ3n) is 11.4. The molecule has 12 nitrogen and oxygen atoms in total. The van der Waals surface area contributed by atoms with Gasteiger partial charge in [-0.3, -0.25) is 10.1 Å². The summed E-state index contributed by atoms with van der Waals surface area (Å²) in [7, 11) is 1.38. The molecule has 5 aromatic rings. The van der Waals surface area contributed by atoms with Crippen LogP contribution in [0.2, 0.25) is 5.02 Å². The maximum atomic E-state index is 12.5. The van der Waals surface area contributed by atoms with Crippen LogP contribution in [0.3, 0.4) is 0 Å². The smallest absolute Gasteiger partial charge is 0.338 e. The maximum absolute atomic E-state index is 12.5. The highest BCUT2D eigenvalue weighted by atomic mass is 35.5. The first-order chi connectivity index (χ1) is 32.7. The number of anilines is 3. The van der Waals surface area contributed by atoms with Crippen molar-refractivity contribution in [3.63, 3.8) is 0 Å². The molecule has 2 heterocycles. The van der Waals surface area contributed by atoms with Gasteiger partial charge in [-0.25, -0.2) is 4.79 Å². The summed E-state index contributed by atoms with van der Waals surface area (Å²) in [5.41, 5.74) is 9.01. The number of esters is 1. The van der Waals surface area contributed by atoms with Crippen molar-refractivity contribution in [2.24, 2.45) is 0 Å². The van der Waals surface area contributed by atoms with Crippen LogP contribution < -0.4 is 29.8 Å². The number of aryl methyl sites for hydroxylation is 2. The Hall–Kier alpha value is -4.14. The molecule has 0 saturated heterocycles. The van der Waals surface area contributed by atoms with Crippen molar-refractivity contribution in [1.82, 2.24) is 0 Å². The Morgan fingerprint density at radius 2 is 1.52 bits per heavy atom. The molecule has 0 fully saturated rings. The molecule has 1 aliphatic carbocycles. The zero-order valence-electron chi connectivity index (χ0n) is 38.4. The van der Waals surface area contributed by atoms with Gasteiger partial charge >= 0.3 is 5.97 Å². The zero-order valence-corrected chi connectivity index (χ0v) is 42.4. The number of hydrogen-bond donors (Lipinski definition) is 1. The molecule has 0 unspecified atom stereocenters. The number of rotatable bonds is 22. The van der Waals surface area contributed by atoms with Crippen molar-refractivity contribution >= 4 is 98.1 Å². The fourth-order valence-electron chi connectivity index (χ4n) is 7.93. The Balaban J connectivity index is 0.000000980. The summed E-state index contributed by atoms with van der Waals surface area (Å²) in [6, 6.07) is 30.6. The van der Waals surface area contributed by atoms with Crippen LogP contribution in [-0.2, 0) is 30.0 Å². The van der Waals surface area contributed by atoms with Gasteiger partial charge in [0.25, 0.3) is 5.01 Å². The number of methoxy groups -OCH3 is 1. The molecule has 1 aromatic heterocycles. The van der Waals surface area contributed by atoms with E-state index < -0.39 is 5.97 Å². The number of nitrogens with zero attached hydrogens (tertiary/aromatic N) is 3. The third-order valence-corrected chi connectivity index (χ3v) is 15.3. The summed E-state index contributed by atoms with van der Waals surface area (Å²) in [6.07, 6.45) is 11.9. The van der Waals surface area contributed by atoms with Gasteiger partial charge in [0.15, 0.2) is 6.54 Å². The molecule has 356 valence electrons. The van der Waals surface area contributed by atoms with Crippen LogP contribution in [0, 0.1) is 6.92 Å². The molecule has 0 amide bonds. The number of halogens is 1. The van der Waals surface area contributed by atoms with E-state index in [2.05, 4.69) is 133 Å². The molecule has 17 heteroatoms. The van der Waals surface area contributed by atoms with E-state index in [1.165, 1.54) is 37.9 Å². The van der Waals surface area contributed by atoms with Gasteiger partial charge < -0.3 is 30.0 Å². The normalized spacial score (nSPS) is 14.8. The highest BCUT2D eigenvalue weighted by Gasteiger charge is 2.29. The molecule has 67 heavy (non-hydrogen) atoms. The van der Waals surface area contributed by atoms with E-state index in [1.807, 2.05) is 37.3 Å². The first kappa shape index (κ1) is 52.2. The number of thiazole rings is 1. The van der Waals surface area contributed by atoms with Gasteiger partial charge in [0, 0.05) is 82.0 Å². The average molecular weight is 1010 g/mol. The van der Waals surface area contributed by atoms with E-state index in [0.29, 0.717) is 36.6 Å². The summed E-state index contributed by atoms with van der Waals surface area (Å²) in [5, 5.41) is 30.6. The summed E-state index contributed by atoms with van der Waals surface area (Å²) in [4.78, 5) is 19.9. The third kappa shape index (κ3) is 14.0. The number of para-hydroxylation sites is 2. The van der Waals surface area contributed by atoms with Gasteiger partial charge in [-0.1, -0.05) is 77.2 Å². The van der Waals surface area contributed by atoms with Crippen LogP contribution in [0.1, 0.15) is 67.4 Å². The Bertz CT molecular complexity index is 2470. The van der Waals surface area contributed by atoms with E-state index >= 15 is 0 Å². The summed E-state index contributed by atoms with van der Waals surface area (Å²) in [6.45, 7) is 13.8. The molecular formula is C50H57ClN4O8S4. The molecule has 4 aromatic carbocycles. The molecule has 0 atom stereocenters. The summed E-state index contributed by atoms with van der Waals surface area (Å²) < 4.78 is 17.3. The lowest BCUT2D eigenvalue weighted by Crippen LogP contribution is -3.11. The van der Waals surface area contributed by atoms with E-state index in [-0.39, 0.29) is 0 Å². The quantitative estimate of drug-likeness (QED) is 0.0177. The van der Waals surface area contributed by atoms with Crippen LogP contribution in [0.4, 0.5) is 17.1 Å². The number of aromatic nitrogens is 1. The van der Waals surface area contributed by atoms with Gasteiger partial charge in [-0.05, 0) is 124 Å². The predicted octanol–water partition coefficient (Wildman–Crippen LogP) is 9.67. The molecule has 7 rings (SSSR count). The lowest BCUT2D eigenvalue weighted by Gasteiger charge is -2.28. The molecule has 0 spiro atoms. The highest BCUT2D eigenvalue weighted by Crippen LogP contribution is 2.49. The standard InChI is InChI=1S/C44H42ClN3O8S4.C6H15N/c1-30-27-37-40(29-36(30)45)60-42(46(37)23-9-25-57-55-53-50)22-19-32-16-15-31(43(32)48(34-11-5-3-6-12-34)35-13-7-4-8-14-35)18-21-41-47(24-10-26-58-56-54-51)38-28-33(44(49)52-2)17-20-39(38)59-41;1-4-7(5-2)6-3/h3-8,11-14,17-22,27-29H,9-10,15-16,23-26H2,1-2H3,(H-,50,51);4-6H2,1-3H3. The number of carbonyl (C=O) groups is 1. The molecule has 0 bridgehead atoms. The monoisotopic (exact) mass is 1000 g/mol. The minimum Gasteiger partial charge on any atom is -0.691 e. The lowest BCUT2D eigenvalue weighted by molar-refractivity contribution is -0.894. The first-order valence-corrected chi connectivity index (χ1v) is 26.1. The second-order valence-corrected chi connectivity index (χ2v) is 19.5. The SMILES string of the molecule is CC[NH+](CC)CC.COC(=O)c1ccc2sc(/C=C/C3=C(N(c4ccccc4)c4ccccc4)C(=C/C=C4\Sc5cc(Cl)c(C)cc5N4CCCSOO[O-])/CC3)[n+](CCCSOO[O-])c2c1. The number of quaternary nitrogens is 1. The largest absolute Gasteiger partial charge is 0.691 e. The van der Waals surface area contributed by atoms with Gasteiger partial charge in [0.05, 0.1) is 48.7 Å². The highest BCUT2D eigenvalue weighted by molar-refractivity contribution is 8.03. The zero-order chi connectivity index (χ0) is 47.5. The Morgan fingerprint density at radius 3 is 2.13 bits per heavy atom. The van der Waals surface area contributed by atoms with Crippen LogP contribution in [0.15, 0.2) is 136 Å². The predicted molar refractivity (Wildman–Crippen MR) is 270 cm³/mol. The minimum atomic E-state index is -0.401. The van der Waals surface area contributed by atoms with E-state index in [4.69, 9.17) is 16.3 Å². The number of benzene rings is 4. The Labute approximate surface area is 415 Å². The molecule has 0 radical (unpaired) electrons. The van der Waals surface area contributed by atoms with Crippen molar-refractivity contribution in [1.29, 1.82) is 0 Å². The maximum Gasteiger partial charge on any atom is 0.338 e. The Morgan fingerprint density at radius 1 is 0.866 bits per heavy atom. The van der Waals surface area contributed by atoms with Crippen LogP contribution in [0.5, 0.6) is 0 Å². The van der Waals surface area contributed by atoms with Crippen LogP contribution >= 0.6 is 58.8 Å². The van der Waals surface area contributed by atoms with Gasteiger partial charge in [0.2, 0.25) is 5.52 Å². The minimum absolute atomic E-state index is 0.401. The number of ether oxygens (including phenoxy) is 1. The average Bonchev–Trinajstić information content (AvgIpc) is 4.03. The number of hydrogen-bond acceptors (Lipinski definition) is 14. The molecule has 1 aliphatic heterocycles. The van der Waals surface area contributed by atoms with Crippen molar-refractivity contribution in [2.45, 2.75) is 64.8 Å². The lowest BCUT2D eigenvalue weighted by atomic mass is 10.1. The molecule has 1 N–H and O–H groups in total. The summed E-state index contributed by atoms with van der Waals surface area (Å²) >= 11 is 11.9. The molecule has 2 aliphatic rings.